The van der Waals surface area contributed by atoms with Crippen molar-refractivity contribution < 1.29 is 14.7 Å². The van der Waals surface area contributed by atoms with E-state index >= 15 is 0 Å². The molecule has 1 aromatic carbocycles. The Kier molecular flexibility index (Phi) is 6.08. The monoisotopic (exact) mass is 426 g/mol. The Bertz CT molecular complexity index is 870. The van der Waals surface area contributed by atoms with Gasteiger partial charge >= 0.3 is 5.97 Å². The average molecular weight is 427 g/mol. The van der Waals surface area contributed by atoms with Crippen molar-refractivity contribution in [3.05, 3.63) is 33.6 Å². The first kappa shape index (κ1) is 20.1. The quantitative estimate of drug-likeness (QED) is 0.681. The van der Waals surface area contributed by atoms with Gasteiger partial charge in [-0.2, -0.15) is 0 Å². The third-order valence-electron chi connectivity index (χ3n) is 5.22. The number of nitrogens with zero attached hydrogens (tertiary/aromatic N) is 1. The molecule has 0 unspecified atom stereocenters. The number of hydrogen-bond acceptors (Lipinski definition) is 4. The number of amides is 1. The van der Waals surface area contributed by atoms with Gasteiger partial charge in [0.2, 0.25) is 5.91 Å². The summed E-state index contributed by atoms with van der Waals surface area (Å²) in [5.74, 6) is -2.48. The molecular weight excluding hydrogens is 407 g/mol. The van der Waals surface area contributed by atoms with Crippen molar-refractivity contribution in [2.24, 2.45) is 23.7 Å². The molecule has 0 radical (unpaired) electrons. The molecule has 1 fully saturated rings. The number of nitrogens with one attached hydrogen (secondary N) is 1. The Labute approximate surface area is 171 Å². The Hall–Kier alpha value is -1.63. The van der Waals surface area contributed by atoms with Gasteiger partial charge in [0.25, 0.3) is 0 Å². The summed E-state index contributed by atoms with van der Waals surface area (Å²) >= 11 is 13.4. The maximum atomic E-state index is 12.8. The topological polar surface area (TPSA) is 79.3 Å². The van der Waals surface area contributed by atoms with E-state index < -0.39 is 17.8 Å². The van der Waals surface area contributed by atoms with E-state index in [-0.39, 0.29) is 17.7 Å². The van der Waals surface area contributed by atoms with Crippen LogP contribution in [-0.2, 0) is 9.59 Å². The predicted molar refractivity (Wildman–Crippen MR) is 108 cm³/mol. The van der Waals surface area contributed by atoms with Crippen LogP contribution in [0.15, 0.2) is 23.6 Å². The van der Waals surface area contributed by atoms with Crippen molar-refractivity contribution in [3.8, 4) is 11.3 Å². The van der Waals surface area contributed by atoms with Crippen molar-refractivity contribution in [2.45, 2.75) is 26.7 Å². The summed E-state index contributed by atoms with van der Waals surface area (Å²) in [5.41, 5.74) is 1.36. The Morgan fingerprint density at radius 2 is 1.85 bits per heavy atom. The first-order valence-electron chi connectivity index (χ1n) is 8.72. The Morgan fingerprint density at radius 1 is 1.19 bits per heavy atom. The van der Waals surface area contributed by atoms with E-state index in [0.717, 1.165) is 18.4 Å². The largest absolute Gasteiger partial charge is 0.481 e. The molecule has 1 aliphatic carbocycles. The van der Waals surface area contributed by atoms with Crippen LogP contribution < -0.4 is 5.32 Å². The van der Waals surface area contributed by atoms with Crippen molar-refractivity contribution in [3.63, 3.8) is 0 Å². The number of carbonyl (C=O) groups is 2. The predicted octanol–water partition coefficient (Wildman–Crippen LogP) is 5.44. The minimum Gasteiger partial charge on any atom is -0.481 e. The van der Waals surface area contributed by atoms with E-state index in [1.54, 1.807) is 23.6 Å². The van der Waals surface area contributed by atoms with E-state index in [0.29, 0.717) is 20.9 Å². The third kappa shape index (κ3) is 4.28. The van der Waals surface area contributed by atoms with Gasteiger partial charge in [-0.1, -0.05) is 37.0 Å². The van der Waals surface area contributed by atoms with E-state index in [4.69, 9.17) is 23.2 Å². The van der Waals surface area contributed by atoms with Gasteiger partial charge in [-0.25, -0.2) is 4.98 Å². The van der Waals surface area contributed by atoms with E-state index in [2.05, 4.69) is 10.3 Å². The molecular formula is C19H20Cl2N2O3S. The van der Waals surface area contributed by atoms with E-state index in [1.165, 1.54) is 11.3 Å². The molecule has 1 amide bonds. The van der Waals surface area contributed by atoms with Crippen LogP contribution in [-0.4, -0.2) is 22.0 Å². The van der Waals surface area contributed by atoms with Gasteiger partial charge in [0.1, 0.15) is 0 Å². The molecule has 1 saturated carbocycles. The summed E-state index contributed by atoms with van der Waals surface area (Å²) in [6.45, 7) is 3.84. The number of thiazole rings is 1. The maximum absolute atomic E-state index is 12.8. The molecule has 4 atom stereocenters. The van der Waals surface area contributed by atoms with Gasteiger partial charge in [0.05, 0.1) is 22.6 Å². The summed E-state index contributed by atoms with van der Waals surface area (Å²) in [6.07, 6.45) is 1.66. The van der Waals surface area contributed by atoms with Crippen LogP contribution in [0.4, 0.5) is 5.13 Å². The number of halogens is 2. The molecule has 0 spiro atoms. The summed E-state index contributed by atoms with van der Waals surface area (Å²) in [4.78, 5) is 29.0. The number of carboxylic acid groups (broad SMARTS) is 1. The van der Waals surface area contributed by atoms with Crippen LogP contribution in [0.2, 0.25) is 10.0 Å². The van der Waals surface area contributed by atoms with Gasteiger partial charge in [0, 0.05) is 16.0 Å². The van der Waals surface area contributed by atoms with Crippen LogP contribution >= 0.6 is 34.5 Å². The Morgan fingerprint density at radius 3 is 2.48 bits per heavy atom. The van der Waals surface area contributed by atoms with Crippen molar-refractivity contribution >= 4 is 51.5 Å². The fourth-order valence-electron chi connectivity index (χ4n) is 3.75. The molecule has 1 aromatic heterocycles. The highest BCUT2D eigenvalue weighted by molar-refractivity contribution is 7.14. The average Bonchev–Trinajstić information content (AvgIpc) is 3.04. The lowest BCUT2D eigenvalue weighted by Crippen LogP contribution is -2.44. The number of benzene rings is 1. The molecule has 0 bridgehead atoms. The zero-order valence-corrected chi connectivity index (χ0v) is 17.2. The molecule has 2 aromatic rings. The summed E-state index contributed by atoms with van der Waals surface area (Å²) < 4.78 is 0. The Balaban J connectivity index is 1.80. The van der Waals surface area contributed by atoms with Crippen molar-refractivity contribution in [1.29, 1.82) is 0 Å². The van der Waals surface area contributed by atoms with Gasteiger partial charge in [0.15, 0.2) is 5.13 Å². The van der Waals surface area contributed by atoms with Gasteiger partial charge in [-0.15, -0.1) is 11.3 Å². The fraction of sp³-hybridized carbons (Fsp3) is 0.421. The number of carboxylic acids is 1. The zero-order valence-electron chi connectivity index (χ0n) is 14.9. The lowest BCUT2D eigenvalue weighted by Gasteiger charge is -2.37. The normalized spacial score (nSPS) is 25.2. The molecule has 1 heterocycles. The first-order valence-corrected chi connectivity index (χ1v) is 10.4. The summed E-state index contributed by atoms with van der Waals surface area (Å²) in [6, 6.07) is 5.14. The lowest BCUT2D eigenvalue weighted by atomic mass is 9.67. The number of anilines is 1. The van der Waals surface area contributed by atoms with E-state index in [1.807, 2.05) is 13.8 Å². The van der Waals surface area contributed by atoms with Gasteiger partial charge in [-0.3, -0.25) is 9.59 Å². The van der Waals surface area contributed by atoms with Crippen molar-refractivity contribution in [2.75, 3.05) is 5.32 Å². The lowest BCUT2D eigenvalue weighted by molar-refractivity contribution is -0.152. The first-order chi connectivity index (χ1) is 12.8. The minimum atomic E-state index is -0.915. The molecule has 3 rings (SSSR count). The molecule has 0 saturated heterocycles. The van der Waals surface area contributed by atoms with E-state index in [9.17, 15) is 14.7 Å². The molecule has 8 heteroatoms. The molecule has 5 nitrogen and oxygen atoms in total. The highest BCUT2D eigenvalue weighted by atomic mass is 35.5. The summed E-state index contributed by atoms with van der Waals surface area (Å²) in [7, 11) is 0. The number of carbonyl (C=O) groups excluding carboxylic acids is 1. The minimum absolute atomic E-state index is 0.00689. The van der Waals surface area contributed by atoms with Crippen LogP contribution in [0, 0.1) is 23.7 Å². The van der Waals surface area contributed by atoms with Crippen LogP contribution in [0.1, 0.15) is 26.7 Å². The van der Waals surface area contributed by atoms with Crippen LogP contribution in [0.3, 0.4) is 0 Å². The number of aliphatic carboxylic acids is 1. The van der Waals surface area contributed by atoms with Crippen LogP contribution in [0.25, 0.3) is 11.3 Å². The van der Waals surface area contributed by atoms with Crippen molar-refractivity contribution in [1.82, 2.24) is 4.98 Å². The third-order valence-corrected chi connectivity index (χ3v) is 6.53. The maximum Gasteiger partial charge on any atom is 0.307 e. The van der Waals surface area contributed by atoms with Gasteiger partial charge in [-0.05, 0) is 42.9 Å². The van der Waals surface area contributed by atoms with Gasteiger partial charge < -0.3 is 10.4 Å². The number of rotatable bonds is 4. The zero-order chi connectivity index (χ0) is 19.7. The fourth-order valence-corrected chi connectivity index (χ4v) is 4.97. The SMILES string of the molecule is C[C@@H]1CC[C@@H](C)[C@H](C(=O)Nc2nc(-c3ccc(Cl)cc3Cl)cs2)[C@H]1C(=O)O. The molecule has 27 heavy (non-hydrogen) atoms. The van der Waals surface area contributed by atoms with Crippen LogP contribution in [0.5, 0.6) is 0 Å². The molecule has 2 N–H and O–H groups in total. The molecule has 144 valence electrons. The molecule has 1 aliphatic rings. The highest BCUT2D eigenvalue weighted by Crippen LogP contribution is 2.40. The highest BCUT2D eigenvalue weighted by Gasteiger charge is 2.44. The second kappa shape index (κ2) is 8.17. The smallest absolute Gasteiger partial charge is 0.307 e. The second-order valence-corrected chi connectivity index (χ2v) is 8.77. The number of aromatic nitrogens is 1. The number of hydrogen-bond donors (Lipinski definition) is 2. The summed E-state index contributed by atoms with van der Waals surface area (Å²) in [5, 5.41) is 15.6. The standard InChI is InChI=1S/C19H20Cl2N2O3S/c1-9-3-4-10(2)16(18(25)26)15(9)17(24)23-19-22-14(8-27-19)12-6-5-11(20)7-13(12)21/h5-10,15-16H,3-4H2,1-2H3,(H,25,26)(H,22,23,24)/t9-,10-,15+,16+/m1/s1. The second-order valence-electron chi connectivity index (χ2n) is 7.07. The molecule has 0 aliphatic heterocycles.